The number of hydrogen-bond donors (Lipinski definition) is 1. The molecule has 0 amide bonds. The van der Waals surface area contributed by atoms with Crippen molar-refractivity contribution in [3.8, 4) is 5.75 Å². The molecule has 0 fully saturated rings. The number of thioether (sulfide) groups is 1. The predicted molar refractivity (Wildman–Crippen MR) is 106 cm³/mol. The third-order valence-electron chi connectivity index (χ3n) is 4.09. The Labute approximate surface area is 159 Å². The van der Waals surface area contributed by atoms with Crippen molar-refractivity contribution in [2.24, 2.45) is 0 Å². The molecule has 4 rings (SSSR count). The number of ether oxygens (including phenoxy) is 1. The minimum Gasteiger partial charge on any atom is -0.491 e. The number of para-hydroxylation sites is 1. The van der Waals surface area contributed by atoms with E-state index in [0.29, 0.717) is 5.75 Å². The monoisotopic (exact) mass is 385 g/mol. The Bertz CT molecular complexity index is 1010. The number of aliphatic hydroxyl groups is 1. The summed E-state index contributed by atoms with van der Waals surface area (Å²) < 4.78 is 8.90. The lowest BCUT2D eigenvalue weighted by atomic mass is 10.2. The molecule has 26 heavy (non-hydrogen) atoms. The number of rotatable bonds is 7. The average Bonchev–Trinajstić information content (AvgIpc) is 3.24. The first kappa shape index (κ1) is 17.3. The molecule has 2 aromatic carbocycles. The highest BCUT2D eigenvalue weighted by Gasteiger charge is 2.14. The summed E-state index contributed by atoms with van der Waals surface area (Å²) in [6.45, 7) is 2.37. The maximum absolute atomic E-state index is 10.2. The molecule has 0 saturated heterocycles. The van der Waals surface area contributed by atoms with E-state index in [1.165, 1.54) is 22.0 Å². The van der Waals surface area contributed by atoms with Gasteiger partial charge in [0.25, 0.3) is 0 Å². The maximum Gasteiger partial charge on any atom is 0.217 e. The van der Waals surface area contributed by atoms with Crippen LogP contribution in [-0.4, -0.2) is 38.2 Å². The van der Waals surface area contributed by atoms with Crippen LogP contribution in [0.1, 0.15) is 12.5 Å². The Morgan fingerprint density at radius 1 is 1.15 bits per heavy atom. The van der Waals surface area contributed by atoms with Gasteiger partial charge >= 0.3 is 0 Å². The van der Waals surface area contributed by atoms with E-state index in [0.717, 1.165) is 27.8 Å². The van der Waals surface area contributed by atoms with E-state index >= 15 is 0 Å². The fraction of sp³-hybridized carbons (Fsp3) is 0.263. The summed E-state index contributed by atoms with van der Waals surface area (Å²) in [5, 5.41) is 19.5. The first-order chi connectivity index (χ1) is 12.7. The van der Waals surface area contributed by atoms with Crippen molar-refractivity contribution in [3.05, 3.63) is 54.1 Å². The molecule has 134 valence electrons. The number of benzene rings is 2. The van der Waals surface area contributed by atoms with Gasteiger partial charge in [-0.05, 0) is 36.2 Å². The van der Waals surface area contributed by atoms with Gasteiger partial charge in [0.2, 0.25) is 4.96 Å². The molecule has 5 nitrogen and oxygen atoms in total. The molecule has 0 aliphatic rings. The van der Waals surface area contributed by atoms with Crippen molar-refractivity contribution in [2.45, 2.75) is 24.6 Å². The fourth-order valence-corrected chi connectivity index (χ4v) is 4.55. The Morgan fingerprint density at radius 3 is 2.77 bits per heavy atom. The number of nitrogens with zero attached hydrogens (tertiary/aromatic N) is 3. The molecule has 1 atom stereocenters. The lowest BCUT2D eigenvalue weighted by Gasteiger charge is -2.12. The molecule has 0 aliphatic heterocycles. The Balaban J connectivity index is 1.38. The minimum atomic E-state index is -0.580. The molecule has 4 aromatic rings. The van der Waals surface area contributed by atoms with Crippen LogP contribution in [0.4, 0.5) is 0 Å². The van der Waals surface area contributed by atoms with Gasteiger partial charge in [-0.1, -0.05) is 54.3 Å². The Morgan fingerprint density at radius 2 is 1.96 bits per heavy atom. The fourth-order valence-electron chi connectivity index (χ4n) is 2.68. The van der Waals surface area contributed by atoms with Crippen molar-refractivity contribution in [1.29, 1.82) is 0 Å². The molecule has 1 N–H and O–H groups in total. The number of fused-ring (bicyclic) bond motifs is 3. The van der Waals surface area contributed by atoms with Crippen molar-refractivity contribution in [2.75, 3.05) is 12.4 Å². The van der Waals surface area contributed by atoms with E-state index in [2.05, 4.69) is 29.3 Å². The van der Waals surface area contributed by atoms with Crippen LogP contribution in [0.3, 0.4) is 0 Å². The maximum atomic E-state index is 10.2. The number of hydrogen-bond acceptors (Lipinski definition) is 6. The van der Waals surface area contributed by atoms with Crippen LogP contribution in [-0.2, 0) is 6.42 Å². The van der Waals surface area contributed by atoms with Crippen molar-refractivity contribution < 1.29 is 9.84 Å². The predicted octanol–water partition coefficient (Wildman–Crippen LogP) is 4.04. The number of aliphatic hydroxyl groups excluding tert-OH is 1. The highest BCUT2D eigenvalue weighted by atomic mass is 32.2. The Kier molecular flexibility index (Phi) is 5.10. The third-order valence-corrected chi connectivity index (χ3v) is 6.18. The second-order valence-corrected chi connectivity index (χ2v) is 7.94. The molecule has 0 radical (unpaired) electrons. The molecule has 1 unspecified atom stereocenters. The minimum absolute atomic E-state index is 0.255. The van der Waals surface area contributed by atoms with E-state index in [-0.39, 0.29) is 6.61 Å². The van der Waals surface area contributed by atoms with Gasteiger partial charge in [-0.2, -0.15) is 0 Å². The van der Waals surface area contributed by atoms with E-state index < -0.39 is 6.10 Å². The lowest BCUT2D eigenvalue weighted by molar-refractivity contribution is 0.126. The van der Waals surface area contributed by atoms with Gasteiger partial charge in [0.15, 0.2) is 5.16 Å². The summed E-state index contributed by atoms with van der Waals surface area (Å²) in [6, 6.07) is 16.1. The van der Waals surface area contributed by atoms with Crippen LogP contribution in [0.2, 0.25) is 0 Å². The van der Waals surface area contributed by atoms with Crippen molar-refractivity contribution >= 4 is 38.3 Å². The normalized spacial score (nSPS) is 12.7. The van der Waals surface area contributed by atoms with Gasteiger partial charge in [-0.3, -0.25) is 4.40 Å². The summed E-state index contributed by atoms with van der Waals surface area (Å²) in [4.78, 5) is 0.871. The van der Waals surface area contributed by atoms with Crippen LogP contribution in [0, 0.1) is 0 Å². The molecule has 2 heterocycles. The molecule has 0 saturated carbocycles. The first-order valence-electron chi connectivity index (χ1n) is 8.50. The molecular formula is C19H19N3O2S2. The molecule has 0 spiro atoms. The van der Waals surface area contributed by atoms with Crippen LogP contribution >= 0.6 is 23.1 Å². The quantitative estimate of drug-likeness (QED) is 0.487. The summed E-state index contributed by atoms with van der Waals surface area (Å²) >= 11 is 3.11. The zero-order valence-corrected chi connectivity index (χ0v) is 16.0. The second kappa shape index (κ2) is 7.65. The molecule has 0 aliphatic carbocycles. The van der Waals surface area contributed by atoms with E-state index in [1.54, 1.807) is 11.3 Å². The average molecular weight is 386 g/mol. The van der Waals surface area contributed by atoms with Crippen LogP contribution in [0.25, 0.3) is 15.2 Å². The van der Waals surface area contributed by atoms with Crippen molar-refractivity contribution in [1.82, 2.24) is 14.6 Å². The van der Waals surface area contributed by atoms with E-state index in [9.17, 15) is 5.11 Å². The summed E-state index contributed by atoms with van der Waals surface area (Å²) in [5.41, 5.74) is 2.37. The molecule has 2 aromatic heterocycles. The largest absolute Gasteiger partial charge is 0.491 e. The van der Waals surface area contributed by atoms with Gasteiger partial charge in [-0.25, -0.2) is 0 Å². The highest BCUT2D eigenvalue weighted by molar-refractivity contribution is 7.99. The summed E-state index contributed by atoms with van der Waals surface area (Å²) in [5.74, 6) is 1.28. The first-order valence-corrected chi connectivity index (χ1v) is 10.3. The number of aryl methyl sites for hydroxylation is 1. The number of thiazole rings is 1. The van der Waals surface area contributed by atoms with Gasteiger partial charge in [0.1, 0.15) is 12.4 Å². The van der Waals surface area contributed by atoms with E-state index in [4.69, 9.17) is 4.74 Å². The van der Waals surface area contributed by atoms with Gasteiger partial charge in [0, 0.05) is 5.75 Å². The van der Waals surface area contributed by atoms with Crippen LogP contribution in [0.5, 0.6) is 5.75 Å². The summed E-state index contributed by atoms with van der Waals surface area (Å²) in [7, 11) is 0. The molecular weight excluding hydrogens is 366 g/mol. The third kappa shape index (κ3) is 3.56. The number of aromatic nitrogens is 3. The molecule has 7 heteroatoms. The second-order valence-electron chi connectivity index (χ2n) is 5.94. The molecule has 0 bridgehead atoms. The van der Waals surface area contributed by atoms with E-state index in [1.807, 2.05) is 40.8 Å². The SMILES string of the molecule is CCc1ccc(OCC(O)CSc2nnc3sc4ccccc4n23)cc1. The zero-order valence-electron chi connectivity index (χ0n) is 14.3. The van der Waals surface area contributed by atoms with Crippen molar-refractivity contribution in [3.63, 3.8) is 0 Å². The smallest absolute Gasteiger partial charge is 0.217 e. The van der Waals surface area contributed by atoms with Gasteiger partial charge in [0.05, 0.1) is 16.3 Å². The zero-order chi connectivity index (χ0) is 17.9. The van der Waals surface area contributed by atoms with Gasteiger partial charge < -0.3 is 9.84 Å². The lowest BCUT2D eigenvalue weighted by Crippen LogP contribution is -2.20. The topological polar surface area (TPSA) is 59.7 Å². The van der Waals surface area contributed by atoms with Gasteiger partial charge in [-0.15, -0.1) is 10.2 Å². The van der Waals surface area contributed by atoms with Crippen LogP contribution in [0.15, 0.2) is 53.7 Å². The summed E-state index contributed by atoms with van der Waals surface area (Å²) in [6.07, 6.45) is 0.423. The highest BCUT2D eigenvalue weighted by Crippen LogP contribution is 2.29. The Hall–Kier alpha value is -2.09. The van der Waals surface area contributed by atoms with Crippen LogP contribution < -0.4 is 4.74 Å². The standard InChI is InChI=1S/C19H19N3O2S2/c1-2-13-7-9-15(10-8-13)24-11-14(23)12-25-18-20-21-19-22(18)16-5-3-4-6-17(16)26-19/h3-10,14,23H,2,11-12H2,1H3.